The molecule has 2 heterocycles. The third kappa shape index (κ3) is 1.46. The minimum absolute atomic E-state index is 0.0860. The molecule has 0 aromatic carbocycles. The van der Waals surface area contributed by atoms with E-state index in [1.165, 1.54) is 6.20 Å². The summed E-state index contributed by atoms with van der Waals surface area (Å²) in [6, 6.07) is 1.68. The fraction of sp³-hybridized carbons (Fsp3) is 0. The van der Waals surface area contributed by atoms with Crippen LogP contribution in [0.4, 0.5) is 5.95 Å². The molecule has 2 aromatic heterocycles. The average Bonchev–Trinajstić information content (AvgIpc) is 2.53. The maximum absolute atomic E-state index is 5.84. The lowest BCUT2D eigenvalue weighted by Gasteiger charge is -1.94. The normalized spacial score (nSPS) is 10.2. The van der Waals surface area contributed by atoms with Gasteiger partial charge in [0.15, 0.2) is 0 Å². The van der Waals surface area contributed by atoms with Gasteiger partial charge in [-0.3, -0.25) is 4.98 Å². The molecule has 2 aromatic rings. The Labute approximate surface area is 78.5 Å². The quantitative estimate of drug-likeness (QED) is 0.745. The maximum atomic E-state index is 5.84. The summed E-state index contributed by atoms with van der Waals surface area (Å²) >= 11 is 5.84. The lowest BCUT2D eigenvalue weighted by Crippen LogP contribution is -1.86. The number of halogens is 1. The fourth-order valence-corrected chi connectivity index (χ4v) is 1.09. The molecule has 0 aliphatic heterocycles. The van der Waals surface area contributed by atoms with E-state index in [1.807, 2.05) is 0 Å². The van der Waals surface area contributed by atoms with Crippen molar-refractivity contribution < 1.29 is 4.52 Å². The number of anilines is 1. The minimum Gasteiger partial charge on any atom is -0.365 e. The zero-order valence-electron chi connectivity index (χ0n) is 6.44. The summed E-state index contributed by atoms with van der Waals surface area (Å²) in [7, 11) is 0. The molecular formula is C7H5ClN4O. The Morgan fingerprint density at radius 2 is 2.31 bits per heavy atom. The van der Waals surface area contributed by atoms with Gasteiger partial charge in [0.05, 0.1) is 10.6 Å². The SMILES string of the molecule is Nc1noc(-c2ccncc2Cl)n1. The van der Waals surface area contributed by atoms with E-state index in [0.29, 0.717) is 16.5 Å². The molecule has 0 amide bonds. The molecule has 6 heteroatoms. The number of nitrogen functional groups attached to an aromatic ring is 1. The van der Waals surface area contributed by atoms with Gasteiger partial charge in [0, 0.05) is 12.4 Å². The van der Waals surface area contributed by atoms with Crippen molar-refractivity contribution in [2.24, 2.45) is 0 Å². The van der Waals surface area contributed by atoms with Crippen molar-refractivity contribution in [1.82, 2.24) is 15.1 Å². The second-order valence-corrected chi connectivity index (χ2v) is 2.72. The lowest BCUT2D eigenvalue weighted by atomic mass is 10.3. The molecule has 0 aliphatic rings. The maximum Gasteiger partial charge on any atom is 0.261 e. The summed E-state index contributed by atoms with van der Waals surface area (Å²) < 4.78 is 4.83. The van der Waals surface area contributed by atoms with Crippen molar-refractivity contribution in [3.63, 3.8) is 0 Å². The summed E-state index contributed by atoms with van der Waals surface area (Å²) in [5, 5.41) is 3.90. The topological polar surface area (TPSA) is 77.8 Å². The van der Waals surface area contributed by atoms with Crippen LogP contribution in [0.3, 0.4) is 0 Å². The van der Waals surface area contributed by atoms with Crippen LogP contribution in [-0.2, 0) is 0 Å². The molecule has 0 unspecified atom stereocenters. The first-order valence-corrected chi connectivity index (χ1v) is 3.84. The van der Waals surface area contributed by atoms with Crippen LogP contribution >= 0.6 is 11.6 Å². The molecule has 0 aliphatic carbocycles. The average molecular weight is 197 g/mol. The number of rotatable bonds is 1. The van der Waals surface area contributed by atoms with E-state index in [-0.39, 0.29) is 5.95 Å². The van der Waals surface area contributed by atoms with Gasteiger partial charge in [0.25, 0.3) is 11.8 Å². The van der Waals surface area contributed by atoms with E-state index in [1.54, 1.807) is 12.3 Å². The van der Waals surface area contributed by atoms with Crippen molar-refractivity contribution in [2.75, 3.05) is 5.73 Å². The first-order valence-electron chi connectivity index (χ1n) is 3.46. The smallest absolute Gasteiger partial charge is 0.261 e. The summed E-state index contributed by atoms with van der Waals surface area (Å²) in [4.78, 5) is 7.65. The number of hydrogen-bond donors (Lipinski definition) is 1. The number of aromatic nitrogens is 3. The molecule has 0 saturated carbocycles. The monoisotopic (exact) mass is 196 g/mol. The van der Waals surface area contributed by atoms with Crippen LogP contribution in [0.2, 0.25) is 5.02 Å². The van der Waals surface area contributed by atoms with Crippen molar-refractivity contribution in [3.05, 3.63) is 23.5 Å². The van der Waals surface area contributed by atoms with Crippen molar-refractivity contribution in [2.45, 2.75) is 0 Å². The van der Waals surface area contributed by atoms with E-state index in [9.17, 15) is 0 Å². The zero-order valence-corrected chi connectivity index (χ0v) is 7.19. The van der Waals surface area contributed by atoms with Crippen LogP contribution in [0.1, 0.15) is 0 Å². The Bertz CT molecular complexity index is 428. The summed E-state index contributed by atoms with van der Waals surface area (Å²) in [5.74, 6) is 0.382. The standard InChI is InChI=1S/C7H5ClN4O/c8-5-3-10-2-1-4(5)6-11-7(9)12-13-6/h1-3H,(H2,9,12). The Morgan fingerprint density at radius 1 is 1.46 bits per heavy atom. The summed E-state index contributed by atoms with van der Waals surface area (Å²) in [6.07, 6.45) is 3.08. The minimum atomic E-state index is 0.0860. The van der Waals surface area contributed by atoms with Gasteiger partial charge >= 0.3 is 0 Å². The first-order chi connectivity index (χ1) is 6.27. The third-order valence-corrected chi connectivity index (χ3v) is 1.75. The van der Waals surface area contributed by atoms with Crippen molar-refractivity contribution >= 4 is 17.5 Å². The number of hydrogen-bond acceptors (Lipinski definition) is 5. The molecular weight excluding hydrogens is 192 g/mol. The molecule has 13 heavy (non-hydrogen) atoms. The number of nitrogens with zero attached hydrogens (tertiary/aromatic N) is 3. The van der Waals surface area contributed by atoms with Crippen LogP contribution in [0.5, 0.6) is 0 Å². The van der Waals surface area contributed by atoms with Crippen LogP contribution < -0.4 is 5.73 Å². The highest BCUT2D eigenvalue weighted by molar-refractivity contribution is 6.32. The third-order valence-electron chi connectivity index (χ3n) is 1.44. The van der Waals surface area contributed by atoms with E-state index < -0.39 is 0 Å². The van der Waals surface area contributed by atoms with Gasteiger partial charge in [-0.1, -0.05) is 11.6 Å². The van der Waals surface area contributed by atoms with Crippen LogP contribution in [0.15, 0.2) is 23.0 Å². The van der Waals surface area contributed by atoms with E-state index in [4.69, 9.17) is 21.9 Å². The molecule has 0 saturated heterocycles. The van der Waals surface area contributed by atoms with Gasteiger partial charge in [0.2, 0.25) is 0 Å². The Morgan fingerprint density at radius 3 is 2.92 bits per heavy atom. The largest absolute Gasteiger partial charge is 0.365 e. The van der Waals surface area contributed by atoms with Gasteiger partial charge in [-0.15, -0.1) is 0 Å². The van der Waals surface area contributed by atoms with E-state index in [0.717, 1.165) is 0 Å². The molecule has 0 fully saturated rings. The Balaban J connectivity index is 2.52. The van der Waals surface area contributed by atoms with Gasteiger partial charge in [-0.25, -0.2) is 0 Å². The molecule has 0 atom stereocenters. The van der Waals surface area contributed by atoms with Gasteiger partial charge in [-0.05, 0) is 11.2 Å². The predicted octanol–water partition coefficient (Wildman–Crippen LogP) is 1.37. The predicted molar refractivity (Wildman–Crippen MR) is 47.0 cm³/mol. The van der Waals surface area contributed by atoms with Crippen molar-refractivity contribution in [3.8, 4) is 11.5 Å². The number of nitrogens with two attached hydrogens (primary N) is 1. The fourth-order valence-electron chi connectivity index (χ4n) is 0.893. The van der Waals surface area contributed by atoms with Gasteiger partial charge in [-0.2, -0.15) is 4.98 Å². The van der Waals surface area contributed by atoms with Crippen LogP contribution in [0.25, 0.3) is 11.5 Å². The Hall–Kier alpha value is -1.62. The highest BCUT2D eigenvalue weighted by Gasteiger charge is 2.09. The molecule has 2 N–H and O–H groups in total. The molecule has 5 nitrogen and oxygen atoms in total. The summed E-state index contributed by atoms with van der Waals surface area (Å²) in [6.45, 7) is 0. The van der Waals surface area contributed by atoms with Gasteiger partial charge < -0.3 is 10.3 Å². The number of pyridine rings is 1. The molecule has 0 bridgehead atoms. The Kier molecular flexibility index (Phi) is 1.86. The second kappa shape index (κ2) is 3.02. The van der Waals surface area contributed by atoms with Crippen LogP contribution in [0, 0.1) is 0 Å². The molecule has 66 valence electrons. The first kappa shape index (κ1) is 8.00. The van der Waals surface area contributed by atoms with E-state index in [2.05, 4.69) is 15.1 Å². The van der Waals surface area contributed by atoms with Crippen LogP contribution in [-0.4, -0.2) is 15.1 Å². The lowest BCUT2D eigenvalue weighted by molar-refractivity contribution is 0.433. The highest BCUT2D eigenvalue weighted by Crippen LogP contribution is 2.24. The molecule has 0 spiro atoms. The second-order valence-electron chi connectivity index (χ2n) is 2.31. The van der Waals surface area contributed by atoms with Crippen molar-refractivity contribution in [1.29, 1.82) is 0 Å². The molecule has 2 rings (SSSR count). The van der Waals surface area contributed by atoms with Gasteiger partial charge in [0.1, 0.15) is 0 Å². The van der Waals surface area contributed by atoms with E-state index >= 15 is 0 Å². The zero-order chi connectivity index (χ0) is 9.26. The highest BCUT2D eigenvalue weighted by atomic mass is 35.5. The molecule has 0 radical (unpaired) electrons. The summed E-state index contributed by atoms with van der Waals surface area (Å²) in [5.41, 5.74) is 5.92.